The predicted molar refractivity (Wildman–Crippen MR) is 95.2 cm³/mol. The molecule has 4 rings (SSSR count). The van der Waals surface area contributed by atoms with Gasteiger partial charge in [0.05, 0.1) is 6.54 Å². The van der Waals surface area contributed by atoms with E-state index in [4.69, 9.17) is 11.6 Å². The Labute approximate surface area is 148 Å². The van der Waals surface area contributed by atoms with Crippen LogP contribution >= 0.6 is 11.6 Å². The highest BCUT2D eigenvalue weighted by atomic mass is 35.5. The van der Waals surface area contributed by atoms with Crippen molar-refractivity contribution in [3.05, 3.63) is 71.3 Å². The Morgan fingerprint density at radius 3 is 2.84 bits per heavy atom. The largest absolute Gasteiger partial charge is 0.364 e. The van der Waals surface area contributed by atoms with Gasteiger partial charge >= 0.3 is 0 Å². The van der Waals surface area contributed by atoms with Gasteiger partial charge in [0.25, 0.3) is 0 Å². The lowest BCUT2D eigenvalue weighted by atomic mass is 10.2. The van der Waals surface area contributed by atoms with Gasteiger partial charge in [0.15, 0.2) is 17.0 Å². The third-order valence-corrected chi connectivity index (χ3v) is 4.13. The number of rotatable bonds is 5. The van der Waals surface area contributed by atoms with E-state index in [2.05, 4.69) is 30.6 Å². The van der Waals surface area contributed by atoms with Crippen LogP contribution in [0.25, 0.3) is 11.2 Å². The number of anilines is 1. The molecule has 4 aromatic rings. The van der Waals surface area contributed by atoms with Crippen LogP contribution in [0.15, 0.2) is 55.1 Å². The van der Waals surface area contributed by atoms with Crippen LogP contribution in [0, 0.1) is 0 Å². The quantitative estimate of drug-likeness (QED) is 0.595. The number of nitrogens with zero attached hydrogens (tertiary/aromatic N) is 6. The van der Waals surface area contributed by atoms with E-state index < -0.39 is 0 Å². The molecule has 1 N–H and O–H groups in total. The van der Waals surface area contributed by atoms with Gasteiger partial charge in [0.1, 0.15) is 6.33 Å². The van der Waals surface area contributed by atoms with Crippen molar-refractivity contribution in [3.63, 3.8) is 0 Å². The summed E-state index contributed by atoms with van der Waals surface area (Å²) >= 11 is 6.23. The number of nitrogens with one attached hydrogen (secondary N) is 1. The third-order valence-electron chi connectivity index (χ3n) is 3.76. The van der Waals surface area contributed by atoms with Crippen LogP contribution in [0.4, 0.5) is 5.82 Å². The summed E-state index contributed by atoms with van der Waals surface area (Å²) in [4.78, 5) is 12.7. The minimum Gasteiger partial charge on any atom is -0.364 e. The van der Waals surface area contributed by atoms with Crippen molar-refractivity contribution < 1.29 is 0 Å². The van der Waals surface area contributed by atoms with E-state index in [0.29, 0.717) is 35.1 Å². The fourth-order valence-electron chi connectivity index (χ4n) is 2.50. The van der Waals surface area contributed by atoms with Crippen molar-refractivity contribution >= 4 is 28.6 Å². The zero-order valence-electron chi connectivity index (χ0n) is 13.2. The molecule has 0 radical (unpaired) electrons. The first kappa shape index (κ1) is 15.5. The van der Waals surface area contributed by atoms with Gasteiger partial charge in [-0.05, 0) is 23.3 Å². The Hall–Kier alpha value is -3.06. The summed E-state index contributed by atoms with van der Waals surface area (Å²) in [7, 11) is 0. The van der Waals surface area contributed by atoms with Gasteiger partial charge in [-0.2, -0.15) is 0 Å². The fourth-order valence-corrected chi connectivity index (χ4v) is 2.70. The van der Waals surface area contributed by atoms with Gasteiger partial charge in [-0.1, -0.05) is 41.1 Å². The van der Waals surface area contributed by atoms with Crippen LogP contribution in [-0.4, -0.2) is 29.9 Å². The Kier molecular flexibility index (Phi) is 4.22. The minimum atomic E-state index is 0.495. The Balaban J connectivity index is 1.61. The van der Waals surface area contributed by atoms with Crippen LogP contribution in [0.2, 0.25) is 5.02 Å². The van der Waals surface area contributed by atoms with E-state index in [0.717, 1.165) is 11.1 Å². The molecule has 0 saturated heterocycles. The summed E-state index contributed by atoms with van der Waals surface area (Å²) in [6, 6.07) is 11.5. The van der Waals surface area contributed by atoms with Crippen molar-refractivity contribution in [1.82, 2.24) is 29.9 Å². The van der Waals surface area contributed by atoms with Gasteiger partial charge in [-0.15, -0.1) is 5.10 Å². The maximum absolute atomic E-state index is 6.23. The molecule has 0 aliphatic carbocycles. The summed E-state index contributed by atoms with van der Waals surface area (Å²) < 4.78 is 1.72. The maximum Gasteiger partial charge on any atom is 0.184 e. The molecule has 0 bridgehead atoms. The second-order valence-corrected chi connectivity index (χ2v) is 5.86. The van der Waals surface area contributed by atoms with Crippen molar-refractivity contribution in [3.8, 4) is 0 Å². The van der Waals surface area contributed by atoms with E-state index in [1.54, 1.807) is 17.1 Å². The summed E-state index contributed by atoms with van der Waals surface area (Å²) in [5.41, 5.74) is 3.29. The first-order chi connectivity index (χ1) is 12.3. The molecule has 0 amide bonds. The second kappa shape index (κ2) is 6.82. The highest BCUT2D eigenvalue weighted by Gasteiger charge is 2.12. The summed E-state index contributed by atoms with van der Waals surface area (Å²) in [5.74, 6) is 0.638. The monoisotopic (exact) mass is 351 g/mol. The van der Waals surface area contributed by atoms with E-state index >= 15 is 0 Å². The van der Waals surface area contributed by atoms with Crippen LogP contribution in [0.3, 0.4) is 0 Å². The molecule has 0 spiro atoms. The molecule has 0 unspecified atom stereocenters. The Bertz CT molecular complexity index is 1000. The number of halogens is 1. The Morgan fingerprint density at radius 1 is 1.08 bits per heavy atom. The first-order valence-corrected chi connectivity index (χ1v) is 8.09. The summed E-state index contributed by atoms with van der Waals surface area (Å²) in [5, 5.41) is 12.4. The van der Waals surface area contributed by atoms with Crippen LogP contribution in [0.1, 0.15) is 11.1 Å². The number of hydrogen-bond acceptors (Lipinski definition) is 6. The maximum atomic E-state index is 6.23. The van der Waals surface area contributed by atoms with Crippen LogP contribution in [0.5, 0.6) is 0 Å². The normalized spacial score (nSPS) is 10.9. The van der Waals surface area contributed by atoms with Gasteiger partial charge in [-0.25, -0.2) is 14.6 Å². The van der Waals surface area contributed by atoms with E-state index in [1.807, 2.05) is 36.4 Å². The number of pyridine rings is 1. The molecule has 124 valence electrons. The molecular weight excluding hydrogens is 338 g/mol. The number of hydrogen-bond donors (Lipinski definition) is 1. The lowest BCUT2D eigenvalue weighted by Crippen LogP contribution is -2.05. The lowest BCUT2D eigenvalue weighted by Gasteiger charge is -2.06. The van der Waals surface area contributed by atoms with Crippen molar-refractivity contribution in [2.75, 3.05) is 5.32 Å². The van der Waals surface area contributed by atoms with Crippen molar-refractivity contribution in [1.29, 1.82) is 0 Å². The molecule has 0 aliphatic heterocycles. The van der Waals surface area contributed by atoms with E-state index in [1.165, 1.54) is 6.33 Å². The summed E-state index contributed by atoms with van der Waals surface area (Å²) in [6.45, 7) is 1.09. The molecule has 0 fully saturated rings. The summed E-state index contributed by atoms with van der Waals surface area (Å²) in [6.07, 6.45) is 5.05. The molecule has 0 aliphatic rings. The SMILES string of the molecule is Clc1ccccc1Cn1nnc2c(NCc3cccnc3)ncnc21. The molecular formula is C17H14ClN7. The fraction of sp³-hybridized carbons (Fsp3) is 0.118. The van der Waals surface area contributed by atoms with Gasteiger partial charge < -0.3 is 5.32 Å². The molecule has 0 atom stereocenters. The zero-order chi connectivity index (χ0) is 17.1. The average molecular weight is 352 g/mol. The smallest absolute Gasteiger partial charge is 0.184 e. The first-order valence-electron chi connectivity index (χ1n) is 7.71. The van der Waals surface area contributed by atoms with Gasteiger partial charge in [-0.3, -0.25) is 4.98 Å². The molecule has 3 heterocycles. The molecule has 0 saturated carbocycles. The van der Waals surface area contributed by atoms with E-state index in [9.17, 15) is 0 Å². The van der Waals surface area contributed by atoms with Crippen LogP contribution in [-0.2, 0) is 13.1 Å². The van der Waals surface area contributed by atoms with Crippen LogP contribution < -0.4 is 5.32 Å². The minimum absolute atomic E-state index is 0.495. The standard InChI is InChI=1S/C17H14ClN7/c18-14-6-2-1-5-13(14)10-25-17-15(23-24-25)16(21-11-22-17)20-9-12-4-3-7-19-8-12/h1-8,11H,9-10H2,(H,20,21,22). The highest BCUT2D eigenvalue weighted by molar-refractivity contribution is 6.31. The lowest BCUT2D eigenvalue weighted by molar-refractivity contribution is 0.664. The molecule has 3 aromatic heterocycles. The number of aromatic nitrogens is 6. The molecule has 1 aromatic carbocycles. The highest BCUT2D eigenvalue weighted by Crippen LogP contribution is 2.20. The van der Waals surface area contributed by atoms with E-state index in [-0.39, 0.29) is 0 Å². The Morgan fingerprint density at radius 2 is 2.00 bits per heavy atom. The van der Waals surface area contributed by atoms with Gasteiger partial charge in [0.2, 0.25) is 0 Å². The number of fused-ring (bicyclic) bond motifs is 1. The molecule has 8 heteroatoms. The predicted octanol–water partition coefficient (Wildman–Crippen LogP) is 2.93. The molecule has 7 nitrogen and oxygen atoms in total. The third kappa shape index (κ3) is 3.27. The average Bonchev–Trinajstić information content (AvgIpc) is 3.06. The van der Waals surface area contributed by atoms with Crippen molar-refractivity contribution in [2.45, 2.75) is 13.1 Å². The zero-order valence-corrected chi connectivity index (χ0v) is 13.9. The molecule has 25 heavy (non-hydrogen) atoms. The second-order valence-electron chi connectivity index (χ2n) is 5.45. The van der Waals surface area contributed by atoms with Gasteiger partial charge in [0, 0.05) is 24.0 Å². The number of benzene rings is 1. The van der Waals surface area contributed by atoms with Crippen molar-refractivity contribution in [2.24, 2.45) is 0 Å². The topological polar surface area (TPSA) is 81.4 Å².